The first kappa shape index (κ1) is 21.1. The Bertz CT molecular complexity index is 1010. The molecule has 0 aliphatic carbocycles. The van der Waals surface area contributed by atoms with E-state index in [9.17, 15) is 4.79 Å². The minimum atomic E-state index is -0.353. The van der Waals surface area contributed by atoms with Gasteiger partial charge in [-0.3, -0.25) is 10.1 Å². The fourth-order valence-corrected chi connectivity index (χ4v) is 3.14. The maximum atomic E-state index is 12.5. The fraction of sp³-hybridized carbons (Fsp3) is 0.0909. The van der Waals surface area contributed by atoms with Gasteiger partial charge in [0.25, 0.3) is 5.91 Å². The van der Waals surface area contributed by atoms with Crippen molar-refractivity contribution in [2.75, 3.05) is 11.9 Å². The molecule has 0 fully saturated rings. The number of rotatable bonds is 6. The Morgan fingerprint density at radius 1 is 0.966 bits per heavy atom. The molecule has 4 nitrogen and oxygen atoms in total. The molecule has 3 rings (SSSR count). The first-order valence-electron chi connectivity index (χ1n) is 8.86. The van der Waals surface area contributed by atoms with Crippen LogP contribution in [0.1, 0.15) is 15.9 Å². The summed E-state index contributed by atoms with van der Waals surface area (Å²) in [5.74, 6) is 0.263. The lowest BCUT2D eigenvalue weighted by atomic mass is 10.2. The largest absolute Gasteiger partial charge is 0.493 e. The fourth-order valence-electron chi connectivity index (χ4n) is 2.59. The summed E-state index contributed by atoms with van der Waals surface area (Å²) in [7, 11) is 0. The van der Waals surface area contributed by atoms with Crippen LogP contribution in [0.4, 0.5) is 5.69 Å². The predicted molar refractivity (Wildman–Crippen MR) is 122 cm³/mol. The summed E-state index contributed by atoms with van der Waals surface area (Å²) < 4.78 is 5.77. The van der Waals surface area contributed by atoms with Crippen molar-refractivity contribution in [3.63, 3.8) is 0 Å². The second-order valence-corrected chi connectivity index (χ2v) is 7.31. The molecule has 2 N–H and O–H groups in total. The van der Waals surface area contributed by atoms with Crippen LogP contribution in [0.2, 0.25) is 10.0 Å². The quantitative estimate of drug-likeness (QED) is 0.475. The highest BCUT2D eigenvalue weighted by molar-refractivity contribution is 7.80. The summed E-state index contributed by atoms with van der Waals surface area (Å²) in [6, 6.07) is 22.1. The van der Waals surface area contributed by atoms with Crippen molar-refractivity contribution in [3.8, 4) is 5.75 Å². The molecule has 1 amide bonds. The van der Waals surface area contributed by atoms with E-state index in [0.717, 1.165) is 6.42 Å². The number of anilines is 1. The van der Waals surface area contributed by atoms with Gasteiger partial charge in [0.15, 0.2) is 5.11 Å². The van der Waals surface area contributed by atoms with E-state index >= 15 is 0 Å². The smallest absolute Gasteiger partial charge is 0.257 e. The Morgan fingerprint density at radius 2 is 1.72 bits per heavy atom. The summed E-state index contributed by atoms with van der Waals surface area (Å²) in [5.41, 5.74) is 2.14. The Morgan fingerprint density at radius 3 is 2.52 bits per heavy atom. The highest BCUT2D eigenvalue weighted by Gasteiger charge is 2.11. The molecule has 148 valence electrons. The molecular weight excluding hydrogens is 427 g/mol. The number of carbonyl (C=O) groups excluding carboxylic acids is 1. The third-order valence-corrected chi connectivity index (χ3v) is 5.05. The molecule has 0 aliphatic heterocycles. The first-order valence-corrected chi connectivity index (χ1v) is 10.0. The van der Waals surface area contributed by atoms with Crippen molar-refractivity contribution < 1.29 is 9.53 Å². The highest BCUT2D eigenvalue weighted by atomic mass is 35.5. The van der Waals surface area contributed by atoms with E-state index in [1.54, 1.807) is 36.4 Å². The van der Waals surface area contributed by atoms with Gasteiger partial charge in [-0.05, 0) is 48.1 Å². The zero-order valence-corrected chi connectivity index (χ0v) is 17.7. The molecule has 0 aromatic heterocycles. The second-order valence-electron chi connectivity index (χ2n) is 6.12. The molecule has 0 bridgehead atoms. The minimum absolute atomic E-state index is 0.120. The van der Waals surface area contributed by atoms with Crippen molar-refractivity contribution in [2.45, 2.75) is 6.42 Å². The van der Waals surface area contributed by atoms with E-state index in [1.165, 1.54) is 5.56 Å². The van der Waals surface area contributed by atoms with Gasteiger partial charge in [0.2, 0.25) is 0 Å². The number of amides is 1. The molecule has 29 heavy (non-hydrogen) atoms. The normalized spacial score (nSPS) is 10.3. The van der Waals surface area contributed by atoms with Gasteiger partial charge in [0.1, 0.15) is 5.75 Å². The van der Waals surface area contributed by atoms with Crippen LogP contribution in [0.5, 0.6) is 5.75 Å². The Hall–Kier alpha value is -2.60. The molecule has 0 saturated carbocycles. The van der Waals surface area contributed by atoms with Crippen LogP contribution in [0.3, 0.4) is 0 Å². The van der Waals surface area contributed by atoms with Crippen LogP contribution in [-0.4, -0.2) is 17.6 Å². The third kappa shape index (κ3) is 6.19. The highest BCUT2D eigenvalue weighted by Crippen LogP contribution is 2.29. The summed E-state index contributed by atoms with van der Waals surface area (Å²) in [6.45, 7) is 0.516. The second kappa shape index (κ2) is 10.3. The molecule has 0 aliphatic rings. The van der Waals surface area contributed by atoms with Crippen LogP contribution >= 0.6 is 35.4 Å². The van der Waals surface area contributed by atoms with Gasteiger partial charge in [0.05, 0.1) is 22.3 Å². The number of carbonyl (C=O) groups is 1. The molecule has 0 spiro atoms. The van der Waals surface area contributed by atoms with Crippen molar-refractivity contribution in [1.82, 2.24) is 5.32 Å². The number of hydrogen-bond donors (Lipinski definition) is 2. The number of thiocarbonyl (C=S) groups is 1. The number of hydrogen-bond acceptors (Lipinski definition) is 3. The third-order valence-electron chi connectivity index (χ3n) is 4.03. The Balaban J connectivity index is 1.55. The van der Waals surface area contributed by atoms with E-state index in [2.05, 4.69) is 10.6 Å². The number of benzene rings is 3. The lowest BCUT2D eigenvalue weighted by Crippen LogP contribution is -2.34. The molecule has 0 unspecified atom stereocenters. The molecular formula is C22H18Cl2N2O2S. The molecule has 3 aromatic carbocycles. The summed E-state index contributed by atoms with van der Waals surface area (Å²) in [5, 5.41) is 6.34. The van der Waals surface area contributed by atoms with Crippen LogP contribution in [-0.2, 0) is 6.42 Å². The SMILES string of the molecule is O=C(NC(=S)Nc1cccc(Cl)c1Cl)c1cccc(OCCc2ccccc2)c1. The van der Waals surface area contributed by atoms with E-state index in [1.807, 2.05) is 36.4 Å². The molecule has 0 radical (unpaired) electrons. The average molecular weight is 445 g/mol. The number of halogens is 2. The van der Waals surface area contributed by atoms with Gasteiger partial charge in [-0.2, -0.15) is 0 Å². The van der Waals surface area contributed by atoms with Gasteiger partial charge < -0.3 is 10.1 Å². The van der Waals surface area contributed by atoms with Gasteiger partial charge in [-0.25, -0.2) is 0 Å². The lowest BCUT2D eigenvalue weighted by molar-refractivity contribution is 0.0977. The van der Waals surface area contributed by atoms with E-state index < -0.39 is 0 Å². The minimum Gasteiger partial charge on any atom is -0.493 e. The van der Waals surface area contributed by atoms with Crippen molar-refractivity contribution >= 4 is 52.1 Å². The van der Waals surface area contributed by atoms with E-state index in [0.29, 0.717) is 33.7 Å². The van der Waals surface area contributed by atoms with Gasteiger partial charge in [-0.15, -0.1) is 0 Å². The topological polar surface area (TPSA) is 50.4 Å². The van der Waals surface area contributed by atoms with Crippen LogP contribution < -0.4 is 15.4 Å². The van der Waals surface area contributed by atoms with E-state index in [4.69, 9.17) is 40.2 Å². The van der Waals surface area contributed by atoms with Gasteiger partial charge in [-0.1, -0.05) is 65.7 Å². The Labute approximate surface area is 184 Å². The molecule has 0 atom stereocenters. The monoisotopic (exact) mass is 444 g/mol. The Kier molecular flexibility index (Phi) is 7.47. The molecule has 7 heteroatoms. The van der Waals surface area contributed by atoms with Crippen LogP contribution in [0, 0.1) is 0 Å². The number of ether oxygens (including phenoxy) is 1. The first-order chi connectivity index (χ1) is 14.0. The summed E-state index contributed by atoms with van der Waals surface area (Å²) >= 11 is 17.3. The van der Waals surface area contributed by atoms with Crippen molar-refractivity contribution in [2.24, 2.45) is 0 Å². The van der Waals surface area contributed by atoms with Crippen LogP contribution in [0.15, 0.2) is 72.8 Å². The van der Waals surface area contributed by atoms with Crippen molar-refractivity contribution in [3.05, 3.63) is 94.0 Å². The molecule has 0 heterocycles. The molecule has 0 saturated heterocycles. The summed E-state index contributed by atoms with van der Waals surface area (Å²) in [6.07, 6.45) is 0.783. The van der Waals surface area contributed by atoms with E-state index in [-0.39, 0.29) is 11.0 Å². The lowest BCUT2D eigenvalue weighted by Gasteiger charge is -2.12. The zero-order valence-electron chi connectivity index (χ0n) is 15.3. The number of nitrogens with one attached hydrogen (secondary N) is 2. The standard InChI is InChI=1S/C22H18Cl2N2O2S/c23-18-10-5-11-19(20(18)24)25-22(29)26-21(27)16-8-4-9-17(14-16)28-13-12-15-6-2-1-3-7-15/h1-11,14H,12-13H2,(H2,25,26,27,29). The molecule has 3 aromatic rings. The van der Waals surface area contributed by atoms with Crippen molar-refractivity contribution in [1.29, 1.82) is 0 Å². The maximum absolute atomic E-state index is 12.5. The summed E-state index contributed by atoms with van der Waals surface area (Å²) in [4.78, 5) is 12.5. The van der Waals surface area contributed by atoms with Gasteiger partial charge in [0, 0.05) is 12.0 Å². The van der Waals surface area contributed by atoms with Gasteiger partial charge >= 0.3 is 0 Å². The average Bonchev–Trinajstić information content (AvgIpc) is 2.72. The van der Waals surface area contributed by atoms with Crippen LogP contribution in [0.25, 0.3) is 0 Å². The predicted octanol–water partition coefficient (Wildman–Crippen LogP) is 5.74. The zero-order chi connectivity index (χ0) is 20.6. The maximum Gasteiger partial charge on any atom is 0.257 e.